The highest BCUT2D eigenvalue weighted by Crippen LogP contribution is 2.20. The van der Waals surface area contributed by atoms with Crippen LogP contribution in [0.2, 0.25) is 0 Å². The van der Waals surface area contributed by atoms with E-state index in [0.717, 1.165) is 38.5 Å². The van der Waals surface area contributed by atoms with Gasteiger partial charge in [0.1, 0.15) is 13.2 Å². The zero-order valence-corrected chi connectivity index (χ0v) is 59.2. The van der Waals surface area contributed by atoms with Crippen LogP contribution < -0.4 is 0 Å². The average molecular weight is 1230 g/mol. The highest BCUT2D eigenvalue weighted by atomic mass is 16.7. The van der Waals surface area contributed by atoms with Crippen LogP contribution in [0.15, 0.2) is 12.2 Å². The predicted molar refractivity (Wildman–Crippen MR) is 374 cm³/mol. The first-order chi connectivity index (χ1) is 42.6. The van der Waals surface area contributed by atoms with Gasteiger partial charge >= 0.3 is 17.9 Å². The highest BCUT2D eigenvalue weighted by Gasteiger charge is 2.25. The Morgan fingerprint density at radius 2 is 0.586 bits per heavy atom. The number of carbonyl (C=O) groups is 3. The van der Waals surface area contributed by atoms with Gasteiger partial charge in [0.05, 0.1) is 34.4 Å². The third-order valence-corrected chi connectivity index (χ3v) is 18.0. The van der Waals surface area contributed by atoms with E-state index in [1.807, 2.05) is 21.1 Å². The van der Waals surface area contributed by atoms with Crippen LogP contribution in [-0.4, -0.2) is 87.4 Å². The van der Waals surface area contributed by atoms with Gasteiger partial charge in [0.2, 0.25) is 0 Å². The molecular formula is C78H152NO8+. The first-order valence-electron chi connectivity index (χ1n) is 38.9. The first kappa shape index (κ1) is 85.0. The molecule has 0 rings (SSSR count). The number of carboxylic acid groups (broad SMARTS) is 1. The molecule has 516 valence electrons. The largest absolute Gasteiger partial charge is 0.477 e. The number of likely N-dealkylation sites (N-methyl/N-ethyl adjacent to an activating group) is 1. The molecule has 0 aliphatic carbocycles. The van der Waals surface area contributed by atoms with Crippen molar-refractivity contribution in [3.05, 3.63) is 12.2 Å². The standard InChI is InChI=1S/C78H151NO8/c1-6-8-10-12-14-16-18-20-22-24-26-28-30-32-33-34-35-36-37-38-39-40-41-42-43-45-47-49-51-53-55-57-59-61-63-65-67-69-76(81)87-74(73-86-78(77(82)83)84-71-70-79(3,4)5)72-85-75(80)68-66-64-62-60-58-56-54-52-50-48-46-44-31-29-27-25-23-21-19-17-15-13-11-9-7-2/h24,26,74,78H,6-23,25,27-73H2,1-5H3/p+1/b26-24-. The number of allylic oxidation sites excluding steroid dienone is 2. The van der Waals surface area contributed by atoms with Crippen molar-refractivity contribution in [2.24, 2.45) is 0 Å². The van der Waals surface area contributed by atoms with Crippen LogP contribution in [0.3, 0.4) is 0 Å². The van der Waals surface area contributed by atoms with Gasteiger partial charge in [-0.15, -0.1) is 0 Å². The van der Waals surface area contributed by atoms with Crippen LogP contribution in [-0.2, 0) is 33.3 Å². The second kappa shape index (κ2) is 69.9. The van der Waals surface area contributed by atoms with Crippen molar-refractivity contribution < 1.29 is 42.9 Å². The fourth-order valence-corrected chi connectivity index (χ4v) is 12.1. The van der Waals surface area contributed by atoms with Crippen molar-refractivity contribution in [1.29, 1.82) is 0 Å². The number of rotatable bonds is 74. The molecule has 0 saturated heterocycles. The molecule has 0 bridgehead atoms. The Balaban J connectivity index is 3.95. The van der Waals surface area contributed by atoms with Gasteiger partial charge in [-0.3, -0.25) is 9.59 Å². The van der Waals surface area contributed by atoms with Gasteiger partial charge in [-0.1, -0.05) is 373 Å². The number of carbonyl (C=O) groups excluding carboxylic acids is 2. The van der Waals surface area contributed by atoms with E-state index in [1.165, 1.54) is 347 Å². The lowest BCUT2D eigenvalue weighted by molar-refractivity contribution is -0.870. The Hall–Kier alpha value is -1.97. The SMILES string of the molecule is CCCCCCCCCC/C=C\CCCCCCCCCCCCCCCCCCCCCCCCCCCC(=O)OC(COC(=O)CCCCCCCCCCCCCCCCCCCCCCCCCCC)COC(OCC[N+](C)(C)C)C(=O)O. The Labute approximate surface area is 542 Å². The summed E-state index contributed by atoms with van der Waals surface area (Å²) in [4.78, 5) is 37.7. The summed E-state index contributed by atoms with van der Waals surface area (Å²) < 4.78 is 23.0. The van der Waals surface area contributed by atoms with Crippen molar-refractivity contribution >= 4 is 17.9 Å². The fourth-order valence-electron chi connectivity index (χ4n) is 12.1. The molecule has 0 radical (unpaired) electrons. The number of hydrogen-bond acceptors (Lipinski definition) is 7. The molecule has 0 aromatic rings. The average Bonchev–Trinajstić information content (AvgIpc) is 3.57. The van der Waals surface area contributed by atoms with Crippen LogP contribution in [0.1, 0.15) is 412 Å². The molecule has 9 heteroatoms. The number of carboxylic acids is 1. The molecule has 2 atom stereocenters. The second-order valence-corrected chi connectivity index (χ2v) is 28.0. The molecule has 0 spiro atoms. The van der Waals surface area contributed by atoms with Crippen molar-refractivity contribution in [2.45, 2.75) is 424 Å². The van der Waals surface area contributed by atoms with Gasteiger partial charge in [-0.2, -0.15) is 0 Å². The number of nitrogens with zero attached hydrogens (tertiary/aromatic N) is 1. The topological polar surface area (TPSA) is 108 Å². The molecule has 0 saturated carbocycles. The molecule has 0 aliphatic rings. The monoisotopic (exact) mass is 1230 g/mol. The third kappa shape index (κ3) is 71.3. The van der Waals surface area contributed by atoms with Gasteiger partial charge in [0.15, 0.2) is 6.10 Å². The van der Waals surface area contributed by atoms with Gasteiger partial charge < -0.3 is 28.5 Å². The van der Waals surface area contributed by atoms with Crippen molar-refractivity contribution in [1.82, 2.24) is 0 Å². The molecule has 87 heavy (non-hydrogen) atoms. The van der Waals surface area contributed by atoms with Crippen LogP contribution in [0, 0.1) is 0 Å². The Morgan fingerprint density at radius 3 is 0.851 bits per heavy atom. The van der Waals surface area contributed by atoms with E-state index in [9.17, 15) is 19.5 Å². The summed E-state index contributed by atoms with van der Waals surface area (Å²) in [7, 11) is 6.00. The maximum Gasteiger partial charge on any atom is 0.361 e. The van der Waals surface area contributed by atoms with Gasteiger partial charge in [0.25, 0.3) is 6.29 Å². The van der Waals surface area contributed by atoms with Crippen LogP contribution in [0.25, 0.3) is 0 Å². The minimum absolute atomic E-state index is 0.173. The van der Waals surface area contributed by atoms with Crippen LogP contribution in [0.5, 0.6) is 0 Å². The lowest BCUT2D eigenvalue weighted by atomic mass is 10.0. The molecule has 9 nitrogen and oxygen atoms in total. The fraction of sp³-hybridized carbons (Fsp3) is 0.936. The maximum atomic E-state index is 13.0. The van der Waals surface area contributed by atoms with E-state index in [2.05, 4.69) is 26.0 Å². The molecule has 0 amide bonds. The summed E-state index contributed by atoms with van der Waals surface area (Å²) in [6, 6.07) is 0. The number of ether oxygens (including phenoxy) is 4. The van der Waals surface area contributed by atoms with Crippen molar-refractivity contribution in [3.8, 4) is 0 Å². The quantitative estimate of drug-likeness (QED) is 0.0211. The smallest absolute Gasteiger partial charge is 0.361 e. The van der Waals surface area contributed by atoms with E-state index < -0.39 is 18.4 Å². The maximum absolute atomic E-state index is 13.0. The first-order valence-corrected chi connectivity index (χ1v) is 38.9. The molecule has 0 aromatic heterocycles. The van der Waals surface area contributed by atoms with E-state index >= 15 is 0 Å². The summed E-state index contributed by atoms with van der Waals surface area (Å²) in [5, 5.41) is 9.76. The third-order valence-electron chi connectivity index (χ3n) is 18.0. The molecule has 2 unspecified atom stereocenters. The lowest BCUT2D eigenvalue weighted by Gasteiger charge is -2.25. The summed E-state index contributed by atoms with van der Waals surface area (Å²) in [6.07, 6.45) is 83.7. The second-order valence-electron chi connectivity index (χ2n) is 28.0. The van der Waals surface area contributed by atoms with Crippen molar-refractivity contribution in [3.63, 3.8) is 0 Å². The predicted octanol–water partition coefficient (Wildman–Crippen LogP) is 24.4. The van der Waals surface area contributed by atoms with E-state index in [0.29, 0.717) is 17.4 Å². The van der Waals surface area contributed by atoms with Crippen molar-refractivity contribution in [2.75, 3.05) is 47.5 Å². The minimum Gasteiger partial charge on any atom is -0.477 e. The van der Waals surface area contributed by atoms with E-state index in [4.69, 9.17) is 18.9 Å². The summed E-state index contributed by atoms with van der Waals surface area (Å²) in [6.45, 7) is 4.97. The van der Waals surface area contributed by atoms with E-state index in [-0.39, 0.29) is 38.2 Å². The highest BCUT2D eigenvalue weighted by molar-refractivity contribution is 5.71. The zero-order valence-electron chi connectivity index (χ0n) is 59.2. The van der Waals surface area contributed by atoms with Crippen LogP contribution in [0.4, 0.5) is 0 Å². The van der Waals surface area contributed by atoms with Gasteiger partial charge in [0, 0.05) is 12.8 Å². The number of unbranched alkanes of at least 4 members (excludes halogenated alkanes) is 57. The summed E-state index contributed by atoms with van der Waals surface area (Å²) in [5.74, 6) is -1.96. The number of quaternary nitrogens is 1. The van der Waals surface area contributed by atoms with Crippen LogP contribution >= 0.6 is 0 Å². The zero-order chi connectivity index (χ0) is 63.3. The molecule has 0 aromatic carbocycles. The summed E-state index contributed by atoms with van der Waals surface area (Å²) >= 11 is 0. The number of esters is 2. The van der Waals surface area contributed by atoms with E-state index in [1.54, 1.807) is 0 Å². The molecule has 1 N–H and O–H groups in total. The normalized spacial score (nSPS) is 12.6. The number of hydrogen-bond donors (Lipinski definition) is 1. The molecule has 0 fully saturated rings. The molecular weight excluding hydrogens is 1080 g/mol. The molecule has 0 heterocycles. The molecule has 0 aliphatic heterocycles. The van der Waals surface area contributed by atoms with Gasteiger partial charge in [-0.05, 0) is 38.5 Å². The Bertz CT molecular complexity index is 1430. The summed E-state index contributed by atoms with van der Waals surface area (Å²) in [5.41, 5.74) is 0. The Kier molecular flexibility index (Phi) is 68.3. The minimum atomic E-state index is -1.51. The number of aliphatic carboxylic acids is 1. The lowest BCUT2D eigenvalue weighted by Crippen LogP contribution is -2.40. The van der Waals surface area contributed by atoms with Gasteiger partial charge in [-0.25, -0.2) is 4.79 Å². The Morgan fingerprint density at radius 1 is 0.333 bits per heavy atom.